The molecule has 0 amide bonds. The van der Waals surface area contributed by atoms with Gasteiger partial charge >= 0.3 is 0 Å². The van der Waals surface area contributed by atoms with E-state index >= 15 is 0 Å². The predicted molar refractivity (Wildman–Crippen MR) is 66.7 cm³/mol. The maximum absolute atomic E-state index is 12.0. The molecule has 0 aromatic heterocycles. The maximum Gasteiger partial charge on any atom is 0.244 e. The van der Waals surface area contributed by atoms with Crippen molar-refractivity contribution in [3.8, 4) is 5.75 Å². The van der Waals surface area contributed by atoms with E-state index in [-0.39, 0.29) is 4.90 Å². The molecule has 96 valence electrons. The molecule has 6 heteroatoms. The minimum atomic E-state index is -3.49. The SMILES string of the molecule is CNCCCNS(=O)(=O)c1ccccc1OC. The second kappa shape index (κ2) is 6.58. The minimum absolute atomic E-state index is 0.173. The lowest BCUT2D eigenvalue weighted by atomic mass is 10.3. The van der Waals surface area contributed by atoms with Crippen LogP contribution in [0.1, 0.15) is 6.42 Å². The van der Waals surface area contributed by atoms with E-state index in [4.69, 9.17) is 4.74 Å². The van der Waals surface area contributed by atoms with Gasteiger partial charge in [-0.1, -0.05) is 12.1 Å². The number of para-hydroxylation sites is 1. The molecular formula is C11H18N2O3S. The highest BCUT2D eigenvalue weighted by Crippen LogP contribution is 2.22. The Bertz CT molecular complexity index is 446. The first-order valence-corrected chi connectivity index (χ1v) is 6.87. The van der Waals surface area contributed by atoms with Gasteiger partial charge in [0, 0.05) is 6.54 Å². The summed E-state index contributed by atoms with van der Waals surface area (Å²) in [6.45, 7) is 1.18. The maximum atomic E-state index is 12.0. The molecule has 5 nitrogen and oxygen atoms in total. The van der Waals surface area contributed by atoms with Crippen molar-refractivity contribution in [3.05, 3.63) is 24.3 Å². The zero-order valence-electron chi connectivity index (χ0n) is 10.1. The van der Waals surface area contributed by atoms with Gasteiger partial charge in [-0.3, -0.25) is 0 Å². The molecule has 0 aliphatic rings. The number of nitrogens with one attached hydrogen (secondary N) is 2. The molecular weight excluding hydrogens is 240 g/mol. The molecule has 1 aromatic carbocycles. The van der Waals surface area contributed by atoms with Crippen molar-refractivity contribution < 1.29 is 13.2 Å². The van der Waals surface area contributed by atoms with Crippen LogP contribution in [0.4, 0.5) is 0 Å². The van der Waals surface area contributed by atoms with E-state index in [0.29, 0.717) is 12.3 Å². The van der Waals surface area contributed by atoms with E-state index < -0.39 is 10.0 Å². The quantitative estimate of drug-likeness (QED) is 0.702. The lowest BCUT2D eigenvalue weighted by molar-refractivity contribution is 0.402. The molecule has 1 rings (SSSR count). The second-order valence-corrected chi connectivity index (χ2v) is 5.24. The molecule has 0 saturated carbocycles. The van der Waals surface area contributed by atoms with Gasteiger partial charge in [-0.15, -0.1) is 0 Å². The van der Waals surface area contributed by atoms with Crippen LogP contribution in [0, 0.1) is 0 Å². The zero-order valence-corrected chi connectivity index (χ0v) is 10.9. The number of sulfonamides is 1. The minimum Gasteiger partial charge on any atom is -0.495 e. The number of hydrogen-bond donors (Lipinski definition) is 2. The topological polar surface area (TPSA) is 67.4 Å². The Morgan fingerprint density at radius 3 is 2.59 bits per heavy atom. The number of benzene rings is 1. The van der Waals surface area contributed by atoms with Crippen LogP contribution in [0.25, 0.3) is 0 Å². The van der Waals surface area contributed by atoms with E-state index in [1.54, 1.807) is 18.2 Å². The fourth-order valence-corrected chi connectivity index (χ4v) is 2.63. The number of ether oxygens (including phenoxy) is 1. The van der Waals surface area contributed by atoms with Gasteiger partial charge in [-0.25, -0.2) is 13.1 Å². The summed E-state index contributed by atoms with van der Waals surface area (Å²) in [4.78, 5) is 0.173. The zero-order chi connectivity index (χ0) is 12.7. The monoisotopic (exact) mass is 258 g/mol. The van der Waals surface area contributed by atoms with Crippen LogP contribution in [0.5, 0.6) is 5.75 Å². The Hall–Kier alpha value is -1.11. The van der Waals surface area contributed by atoms with Gasteiger partial charge in [-0.05, 0) is 32.1 Å². The summed E-state index contributed by atoms with van der Waals surface area (Å²) in [5, 5.41) is 2.96. The van der Waals surface area contributed by atoms with Gasteiger partial charge in [0.2, 0.25) is 10.0 Å². The summed E-state index contributed by atoms with van der Waals surface area (Å²) >= 11 is 0. The van der Waals surface area contributed by atoms with Crippen LogP contribution in [-0.2, 0) is 10.0 Å². The first-order chi connectivity index (χ1) is 8.11. The Morgan fingerprint density at radius 1 is 1.24 bits per heavy atom. The normalized spacial score (nSPS) is 11.4. The first-order valence-electron chi connectivity index (χ1n) is 5.39. The average Bonchev–Trinajstić information content (AvgIpc) is 2.34. The van der Waals surface area contributed by atoms with Crippen LogP contribution in [0.3, 0.4) is 0 Å². The summed E-state index contributed by atoms with van der Waals surface area (Å²) < 4.78 is 31.5. The highest BCUT2D eigenvalue weighted by Gasteiger charge is 2.17. The Labute approximate surface area is 102 Å². The van der Waals surface area contributed by atoms with Crippen LogP contribution >= 0.6 is 0 Å². The van der Waals surface area contributed by atoms with E-state index in [0.717, 1.165) is 13.0 Å². The summed E-state index contributed by atoms with van der Waals surface area (Å²) in [6.07, 6.45) is 0.741. The number of rotatable bonds is 7. The average molecular weight is 258 g/mol. The van der Waals surface area contributed by atoms with Gasteiger partial charge in [0.15, 0.2) is 0 Å². The molecule has 0 heterocycles. The third-order valence-corrected chi connectivity index (χ3v) is 3.75. The van der Waals surface area contributed by atoms with Crippen molar-refractivity contribution in [2.24, 2.45) is 0 Å². The van der Waals surface area contributed by atoms with Crippen LogP contribution < -0.4 is 14.8 Å². The van der Waals surface area contributed by atoms with Crippen LogP contribution in [0.15, 0.2) is 29.2 Å². The van der Waals surface area contributed by atoms with Crippen molar-refractivity contribution in [1.29, 1.82) is 0 Å². The molecule has 0 aliphatic carbocycles. The van der Waals surface area contributed by atoms with Crippen LogP contribution in [-0.4, -0.2) is 35.7 Å². The third-order valence-electron chi connectivity index (χ3n) is 2.25. The Morgan fingerprint density at radius 2 is 1.94 bits per heavy atom. The molecule has 0 aliphatic heterocycles. The standard InChI is InChI=1S/C11H18N2O3S/c1-12-8-5-9-13-17(14,15)11-7-4-3-6-10(11)16-2/h3-4,6-7,12-13H,5,8-9H2,1-2H3. The Balaban J connectivity index is 2.75. The van der Waals surface area contributed by atoms with Crippen molar-refractivity contribution in [1.82, 2.24) is 10.0 Å². The first kappa shape index (κ1) is 14.0. The highest BCUT2D eigenvalue weighted by molar-refractivity contribution is 7.89. The molecule has 0 saturated heterocycles. The number of methoxy groups -OCH3 is 1. The third kappa shape index (κ3) is 3.99. The van der Waals surface area contributed by atoms with Crippen molar-refractivity contribution >= 4 is 10.0 Å². The van der Waals surface area contributed by atoms with Gasteiger partial charge in [-0.2, -0.15) is 0 Å². The van der Waals surface area contributed by atoms with Crippen LogP contribution in [0.2, 0.25) is 0 Å². The van der Waals surface area contributed by atoms with E-state index in [1.165, 1.54) is 13.2 Å². The molecule has 2 N–H and O–H groups in total. The van der Waals surface area contributed by atoms with E-state index in [1.807, 2.05) is 7.05 Å². The van der Waals surface area contributed by atoms with Gasteiger partial charge in [0.1, 0.15) is 10.6 Å². The van der Waals surface area contributed by atoms with Crippen molar-refractivity contribution in [2.75, 3.05) is 27.2 Å². The molecule has 0 spiro atoms. The lowest BCUT2D eigenvalue weighted by Crippen LogP contribution is -2.27. The highest BCUT2D eigenvalue weighted by atomic mass is 32.2. The summed E-state index contributed by atoms with van der Waals surface area (Å²) in [6, 6.07) is 6.56. The fourth-order valence-electron chi connectivity index (χ4n) is 1.39. The summed E-state index contributed by atoms with van der Waals surface area (Å²) in [7, 11) is -0.204. The molecule has 0 fully saturated rings. The molecule has 0 radical (unpaired) electrons. The van der Waals surface area contributed by atoms with Gasteiger partial charge < -0.3 is 10.1 Å². The smallest absolute Gasteiger partial charge is 0.244 e. The summed E-state index contributed by atoms with van der Waals surface area (Å²) in [5.41, 5.74) is 0. The van der Waals surface area contributed by atoms with Crippen molar-refractivity contribution in [2.45, 2.75) is 11.3 Å². The lowest BCUT2D eigenvalue weighted by Gasteiger charge is -2.10. The van der Waals surface area contributed by atoms with Gasteiger partial charge in [0.05, 0.1) is 7.11 Å². The summed E-state index contributed by atoms with van der Waals surface area (Å²) in [5.74, 6) is 0.355. The molecule has 1 aromatic rings. The fraction of sp³-hybridized carbons (Fsp3) is 0.455. The van der Waals surface area contributed by atoms with E-state index in [2.05, 4.69) is 10.0 Å². The Kier molecular flexibility index (Phi) is 5.40. The largest absolute Gasteiger partial charge is 0.495 e. The molecule has 0 unspecified atom stereocenters. The van der Waals surface area contributed by atoms with E-state index in [9.17, 15) is 8.42 Å². The molecule has 17 heavy (non-hydrogen) atoms. The van der Waals surface area contributed by atoms with Crippen molar-refractivity contribution in [3.63, 3.8) is 0 Å². The molecule has 0 atom stereocenters. The number of hydrogen-bond acceptors (Lipinski definition) is 4. The second-order valence-electron chi connectivity index (χ2n) is 3.51. The molecule has 0 bridgehead atoms. The van der Waals surface area contributed by atoms with Gasteiger partial charge in [0.25, 0.3) is 0 Å². The predicted octanol–water partition coefficient (Wildman–Crippen LogP) is 0.583.